The van der Waals surface area contributed by atoms with Gasteiger partial charge < -0.3 is 20.0 Å². The van der Waals surface area contributed by atoms with E-state index in [1.54, 1.807) is 12.1 Å². The number of nitrogens with two attached hydrogens (primary N) is 1. The molecule has 0 aliphatic heterocycles. The van der Waals surface area contributed by atoms with Crippen LogP contribution in [0.2, 0.25) is 18.1 Å². The van der Waals surface area contributed by atoms with Crippen molar-refractivity contribution in [2.75, 3.05) is 18.9 Å². The van der Waals surface area contributed by atoms with Gasteiger partial charge in [-0.1, -0.05) is 20.8 Å². The molecule has 0 aliphatic rings. The van der Waals surface area contributed by atoms with Gasteiger partial charge in [-0.3, -0.25) is 0 Å². The lowest BCUT2D eigenvalue weighted by molar-refractivity contribution is 0.203. The number of rotatable bonds is 5. The Labute approximate surface area is 116 Å². The highest BCUT2D eigenvalue weighted by molar-refractivity contribution is 6.74. The molecule has 0 aromatic heterocycles. The summed E-state index contributed by atoms with van der Waals surface area (Å²) in [5.74, 6) is 0.647. The largest absolute Gasteiger partial charge is 0.506 e. The molecule has 19 heavy (non-hydrogen) atoms. The van der Waals surface area contributed by atoms with E-state index in [2.05, 4.69) is 33.9 Å². The molecule has 0 heterocycles. The highest BCUT2D eigenvalue weighted by atomic mass is 28.4. The van der Waals surface area contributed by atoms with Gasteiger partial charge in [0.15, 0.2) is 8.32 Å². The van der Waals surface area contributed by atoms with E-state index in [0.29, 0.717) is 24.7 Å². The van der Waals surface area contributed by atoms with Crippen molar-refractivity contribution < 1.29 is 14.3 Å². The molecular weight excluding hydrogens is 258 g/mol. The molecule has 1 rings (SSSR count). The summed E-state index contributed by atoms with van der Waals surface area (Å²) in [6.45, 7) is 12.1. The Kier molecular flexibility index (Phi) is 4.87. The monoisotopic (exact) mass is 283 g/mol. The maximum Gasteiger partial charge on any atom is 0.192 e. The fourth-order valence-electron chi connectivity index (χ4n) is 1.29. The molecule has 0 aliphatic carbocycles. The van der Waals surface area contributed by atoms with Crippen LogP contribution in [0, 0.1) is 0 Å². The van der Waals surface area contributed by atoms with Crippen LogP contribution in [0.25, 0.3) is 0 Å². The van der Waals surface area contributed by atoms with Crippen LogP contribution in [0.3, 0.4) is 0 Å². The number of aromatic hydroxyl groups is 1. The van der Waals surface area contributed by atoms with E-state index in [1.165, 1.54) is 6.07 Å². The van der Waals surface area contributed by atoms with Gasteiger partial charge in [-0.2, -0.15) is 0 Å². The Morgan fingerprint density at radius 1 is 1.21 bits per heavy atom. The van der Waals surface area contributed by atoms with Crippen molar-refractivity contribution in [3.63, 3.8) is 0 Å². The number of anilines is 1. The lowest BCUT2D eigenvalue weighted by atomic mass is 10.2. The van der Waals surface area contributed by atoms with Crippen LogP contribution >= 0.6 is 0 Å². The zero-order valence-corrected chi connectivity index (χ0v) is 13.5. The van der Waals surface area contributed by atoms with Crippen LogP contribution in [0.15, 0.2) is 18.2 Å². The van der Waals surface area contributed by atoms with Gasteiger partial charge >= 0.3 is 0 Å². The minimum Gasteiger partial charge on any atom is -0.506 e. The van der Waals surface area contributed by atoms with Gasteiger partial charge in [0.25, 0.3) is 0 Å². The zero-order valence-electron chi connectivity index (χ0n) is 12.5. The number of phenolic OH excluding ortho intramolecular Hbond substituents is 1. The second-order valence-corrected chi connectivity index (χ2v) is 11.0. The molecule has 108 valence electrons. The van der Waals surface area contributed by atoms with Crippen LogP contribution in [0.5, 0.6) is 11.5 Å². The third-order valence-corrected chi connectivity index (χ3v) is 8.16. The van der Waals surface area contributed by atoms with Crippen LogP contribution in [0.1, 0.15) is 20.8 Å². The predicted molar refractivity (Wildman–Crippen MR) is 81.2 cm³/mol. The third kappa shape index (κ3) is 4.43. The van der Waals surface area contributed by atoms with Crippen molar-refractivity contribution in [1.82, 2.24) is 0 Å². The molecule has 0 atom stereocenters. The second-order valence-electron chi connectivity index (χ2n) is 6.18. The molecule has 1 aromatic rings. The first-order valence-electron chi connectivity index (χ1n) is 6.49. The molecule has 4 nitrogen and oxygen atoms in total. The normalized spacial score (nSPS) is 12.5. The maximum absolute atomic E-state index is 9.46. The van der Waals surface area contributed by atoms with Gasteiger partial charge in [0.05, 0.1) is 12.3 Å². The minimum atomic E-state index is -1.71. The van der Waals surface area contributed by atoms with E-state index in [-0.39, 0.29) is 10.8 Å². The summed E-state index contributed by atoms with van der Waals surface area (Å²) >= 11 is 0. The Bertz CT molecular complexity index is 427. The highest BCUT2D eigenvalue weighted by Crippen LogP contribution is 2.36. The summed E-state index contributed by atoms with van der Waals surface area (Å²) in [7, 11) is -1.71. The summed E-state index contributed by atoms with van der Waals surface area (Å²) in [4.78, 5) is 0. The molecule has 0 saturated heterocycles. The standard InChI is InChI=1S/C14H25NO3Si/c1-14(2,3)19(4,5)18-9-8-17-11-6-7-12(15)13(16)10-11/h6-7,10,16H,8-9,15H2,1-5H3. The molecule has 0 bridgehead atoms. The molecule has 0 fully saturated rings. The first kappa shape index (κ1) is 15.9. The summed E-state index contributed by atoms with van der Waals surface area (Å²) in [6, 6.07) is 4.88. The average molecular weight is 283 g/mol. The van der Waals surface area contributed by atoms with Crippen LogP contribution in [-0.4, -0.2) is 26.6 Å². The Morgan fingerprint density at radius 2 is 1.84 bits per heavy atom. The average Bonchev–Trinajstić information content (AvgIpc) is 2.27. The van der Waals surface area contributed by atoms with E-state index in [4.69, 9.17) is 14.9 Å². The van der Waals surface area contributed by atoms with E-state index in [1.807, 2.05) is 0 Å². The number of hydrogen-bond acceptors (Lipinski definition) is 4. The van der Waals surface area contributed by atoms with Gasteiger partial charge in [0.2, 0.25) is 0 Å². The first-order valence-corrected chi connectivity index (χ1v) is 9.39. The van der Waals surface area contributed by atoms with Crippen molar-refractivity contribution in [2.24, 2.45) is 0 Å². The van der Waals surface area contributed by atoms with Crippen molar-refractivity contribution in [2.45, 2.75) is 38.9 Å². The molecule has 3 N–H and O–H groups in total. The quantitative estimate of drug-likeness (QED) is 0.376. The molecule has 0 saturated carbocycles. The van der Waals surface area contributed by atoms with Crippen molar-refractivity contribution in [3.05, 3.63) is 18.2 Å². The van der Waals surface area contributed by atoms with E-state index < -0.39 is 8.32 Å². The number of ether oxygens (including phenoxy) is 1. The van der Waals surface area contributed by atoms with Crippen LogP contribution in [-0.2, 0) is 4.43 Å². The van der Waals surface area contributed by atoms with Crippen LogP contribution in [0.4, 0.5) is 5.69 Å². The molecule has 0 amide bonds. The Hall–Kier alpha value is -1.20. The van der Waals surface area contributed by atoms with Crippen molar-refractivity contribution in [3.8, 4) is 11.5 Å². The van der Waals surface area contributed by atoms with Crippen molar-refractivity contribution in [1.29, 1.82) is 0 Å². The van der Waals surface area contributed by atoms with Gasteiger partial charge in [-0.15, -0.1) is 0 Å². The molecule has 0 spiro atoms. The van der Waals surface area contributed by atoms with Gasteiger partial charge in [0.1, 0.15) is 18.1 Å². The van der Waals surface area contributed by atoms with Gasteiger partial charge in [0, 0.05) is 6.07 Å². The predicted octanol–water partition coefficient (Wildman–Crippen LogP) is 3.38. The summed E-state index contributed by atoms with van der Waals surface area (Å²) in [6.07, 6.45) is 0. The Balaban J connectivity index is 2.41. The SMILES string of the molecule is CC(C)(C)[Si](C)(C)OCCOc1ccc(N)c(O)c1. The number of nitrogen functional groups attached to an aromatic ring is 1. The fourth-order valence-corrected chi connectivity index (χ4v) is 2.31. The van der Waals surface area contributed by atoms with E-state index >= 15 is 0 Å². The molecule has 5 heteroatoms. The zero-order chi connectivity index (χ0) is 14.7. The third-order valence-electron chi connectivity index (χ3n) is 3.62. The topological polar surface area (TPSA) is 64.7 Å². The minimum absolute atomic E-state index is 0.0443. The molecular formula is C14H25NO3Si. The lowest BCUT2D eigenvalue weighted by Crippen LogP contribution is -2.41. The van der Waals surface area contributed by atoms with Gasteiger partial charge in [-0.05, 0) is 30.3 Å². The first-order chi connectivity index (χ1) is 8.63. The second kappa shape index (κ2) is 5.84. The molecule has 1 aromatic carbocycles. The summed E-state index contributed by atoms with van der Waals surface area (Å²) < 4.78 is 11.5. The highest BCUT2D eigenvalue weighted by Gasteiger charge is 2.36. The van der Waals surface area contributed by atoms with Gasteiger partial charge in [-0.25, -0.2) is 0 Å². The van der Waals surface area contributed by atoms with Crippen LogP contribution < -0.4 is 10.5 Å². The van der Waals surface area contributed by atoms with E-state index in [0.717, 1.165) is 0 Å². The molecule has 0 radical (unpaired) electrons. The Morgan fingerprint density at radius 3 is 2.37 bits per heavy atom. The van der Waals surface area contributed by atoms with Crippen molar-refractivity contribution >= 4 is 14.0 Å². The molecule has 0 unspecified atom stereocenters. The van der Waals surface area contributed by atoms with E-state index in [9.17, 15) is 5.11 Å². The maximum atomic E-state index is 9.46. The number of phenols is 1. The smallest absolute Gasteiger partial charge is 0.192 e. The lowest BCUT2D eigenvalue weighted by Gasteiger charge is -2.36. The fraction of sp³-hybridized carbons (Fsp3) is 0.571. The summed E-state index contributed by atoms with van der Waals surface area (Å²) in [5, 5.41) is 9.66. The number of hydrogen-bond donors (Lipinski definition) is 2. The number of benzene rings is 1. The summed E-state index contributed by atoms with van der Waals surface area (Å²) in [5.41, 5.74) is 5.88.